The summed E-state index contributed by atoms with van der Waals surface area (Å²) in [5.74, 6) is 0. The van der Waals surface area contributed by atoms with Gasteiger partial charge in [-0.25, -0.2) is 4.57 Å². The third-order valence-corrected chi connectivity index (χ3v) is 2.22. The summed E-state index contributed by atoms with van der Waals surface area (Å²) in [4.78, 5) is 4.30. The molecule has 2 nitrogen and oxygen atoms in total. The van der Waals surface area contributed by atoms with Gasteiger partial charge in [0.05, 0.1) is 5.69 Å². The Morgan fingerprint density at radius 3 is 1.86 bits per heavy atom. The number of halogens is 6. The molecule has 0 radical (unpaired) electrons. The van der Waals surface area contributed by atoms with E-state index in [1.807, 2.05) is 24.4 Å². The molecule has 0 unspecified atom stereocenters. The molecule has 0 N–H and O–H groups in total. The number of hydrogen-bond donors (Lipinski definition) is 0. The van der Waals surface area contributed by atoms with Crippen LogP contribution in [0.5, 0.6) is 0 Å². The summed E-state index contributed by atoms with van der Waals surface area (Å²) in [6.45, 7) is 3.13. The first-order chi connectivity index (χ1) is 9.35. The van der Waals surface area contributed by atoms with Gasteiger partial charge in [-0.15, -0.1) is 0 Å². The Morgan fingerprint density at radius 2 is 1.48 bits per heavy atom. The van der Waals surface area contributed by atoms with Crippen LogP contribution in [0.2, 0.25) is 0 Å². The fourth-order valence-electron chi connectivity index (χ4n) is 1.37. The minimum atomic E-state index is -10.7. The predicted octanol–water partition coefficient (Wildman–Crippen LogP) is 5.44. The molecule has 0 aliphatic heterocycles. The summed E-state index contributed by atoms with van der Waals surface area (Å²) in [5.41, 5.74) is 2.19. The maximum atomic E-state index is 9.87. The molecule has 0 saturated heterocycles. The Balaban J connectivity index is 0.000000270. The summed E-state index contributed by atoms with van der Waals surface area (Å²) in [5, 5.41) is 0. The molecule has 0 aliphatic rings. The predicted molar refractivity (Wildman–Crippen MR) is 69.1 cm³/mol. The molecule has 21 heavy (non-hydrogen) atoms. The number of hydrogen-bond acceptors (Lipinski definition) is 1. The van der Waals surface area contributed by atoms with Gasteiger partial charge in [0.15, 0.2) is 12.4 Å². The summed E-state index contributed by atoms with van der Waals surface area (Å²) in [6, 6.07) is 10.1. The molecule has 2 aromatic rings. The Kier molecular flexibility index (Phi) is 4.34. The van der Waals surface area contributed by atoms with Gasteiger partial charge in [-0.2, -0.15) is 0 Å². The third-order valence-electron chi connectivity index (χ3n) is 2.22. The van der Waals surface area contributed by atoms with Crippen LogP contribution in [-0.2, 0) is 6.54 Å². The van der Waals surface area contributed by atoms with Crippen molar-refractivity contribution in [3.05, 3.63) is 48.9 Å². The third kappa shape index (κ3) is 9.79. The van der Waals surface area contributed by atoms with E-state index in [0.29, 0.717) is 0 Å². The van der Waals surface area contributed by atoms with Crippen LogP contribution in [-0.4, -0.2) is 4.98 Å². The van der Waals surface area contributed by atoms with Crippen LogP contribution in [0.15, 0.2) is 48.9 Å². The normalized spacial score (nSPS) is 14.4. The van der Waals surface area contributed by atoms with E-state index in [1.165, 1.54) is 0 Å². The van der Waals surface area contributed by atoms with Crippen molar-refractivity contribution in [2.45, 2.75) is 13.5 Å². The van der Waals surface area contributed by atoms with Gasteiger partial charge < -0.3 is 0 Å². The molecule has 2 heterocycles. The first-order valence-corrected chi connectivity index (χ1v) is 7.85. The molecule has 2 aromatic heterocycles. The van der Waals surface area contributed by atoms with Crippen LogP contribution in [0.3, 0.4) is 0 Å². The van der Waals surface area contributed by atoms with Crippen LogP contribution in [0.25, 0.3) is 11.3 Å². The van der Waals surface area contributed by atoms with E-state index in [-0.39, 0.29) is 0 Å². The Hall–Kier alpha value is -1.69. The molecule has 0 spiro atoms. The van der Waals surface area contributed by atoms with Crippen LogP contribution in [0, 0.1) is 0 Å². The second kappa shape index (κ2) is 5.26. The van der Waals surface area contributed by atoms with Crippen LogP contribution in [0.1, 0.15) is 6.92 Å². The van der Waals surface area contributed by atoms with Crippen LogP contribution in [0.4, 0.5) is 25.2 Å². The average Bonchev–Trinajstić information content (AvgIpc) is 2.36. The number of aromatic nitrogens is 2. The zero-order valence-electron chi connectivity index (χ0n) is 10.9. The maximum absolute atomic E-state index is 10.7. The van der Waals surface area contributed by atoms with Gasteiger partial charge in [0.2, 0.25) is 0 Å². The zero-order chi connectivity index (χ0) is 16.2. The van der Waals surface area contributed by atoms with Crippen molar-refractivity contribution < 1.29 is 29.7 Å². The van der Waals surface area contributed by atoms with Gasteiger partial charge >= 0.3 is 33.0 Å². The quantitative estimate of drug-likeness (QED) is 0.407. The van der Waals surface area contributed by atoms with Crippen molar-refractivity contribution in [1.29, 1.82) is 0 Å². The number of nitrogens with zero attached hydrogens (tertiary/aromatic N) is 2. The molecule has 0 aromatic carbocycles. The summed E-state index contributed by atoms with van der Waals surface area (Å²) in [6.07, 6.45) is 5.96. The van der Waals surface area contributed by atoms with Gasteiger partial charge in [-0.3, -0.25) is 4.98 Å². The minimum absolute atomic E-state index is 1.00. The second-order valence-corrected chi connectivity index (χ2v) is 6.01. The van der Waals surface area contributed by atoms with E-state index in [1.54, 1.807) is 0 Å². The number of rotatable bonds is 2. The van der Waals surface area contributed by atoms with Crippen molar-refractivity contribution >= 4 is 7.81 Å². The summed E-state index contributed by atoms with van der Waals surface area (Å²) < 4.78 is 61.3. The number of aryl methyl sites for hydroxylation is 1. The van der Waals surface area contributed by atoms with Crippen molar-refractivity contribution in [3.8, 4) is 11.3 Å². The van der Waals surface area contributed by atoms with E-state index in [0.717, 1.165) is 17.8 Å². The van der Waals surface area contributed by atoms with Gasteiger partial charge in [0.25, 0.3) is 0 Å². The number of pyridine rings is 2. The van der Waals surface area contributed by atoms with E-state index < -0.39 is 7.81 Å². The van der Waals surface area contributed by atoms with Crippen molar-refractivity contribution in [1.82, 2.24) is 4.98 Å². The molecule has 0 saturated carbocycles. The van der Waals surface area contributed by atoms with Gasteiger partial charge in [0, 0.05) is 23.9 Å². The Labute approximate surface area is 117 Å². The topological polar surface area (TPSA) is 16.8 Å². The molecule has 0 amide bonds. The van der Waals surface area contributed by atoms with Gasteiger partial charge in [0.1, 0.15) is 6.54 Å². The van der Waals surface area contributed by atoms with Gasteiger partial charge in [-0.1, -0.05) is 6.07 Å². The van der Waals surface area contributed by atoms with E-state index in [9.17, 15) is 25.2 Å². The Bertz CT molecular complexity index is 569. The summed E-state index contributed by atoms with van der Waals surface area (Å²) in [7, 11) is -10.7. The first kappa shape index (κ1) is 17.4. The summed E-state index contributed by atoms with van der Waals surface area (Å²) >= 11 is 0. The molecule has 0 bridgehead atoms. The van der Waals surface area contributed by atoms with E-state index in [4.69, 9.17) is 0 Å². The monoisotopic (exact) mass is 330 g/mol. The van der Waals surface area contributed by atoms with E-state index >= 15 is 0 Å². The molecule has 0 fully saturated rings. The second-order valence-electron chi connectivity index (χ2n) is 4.09. The molecule has 9 heteroatoms. The fourth-order valence-corrected chi connectivity index (χ4v) is 1.37. The van der Waals surface area contributed by atoms with Crippen molar-refractivity contribution in [2.75, 3.05) is 0 Å². The molecule has 2 rings (SSSR count). The molecular weight excluding hydrogens is 317 g/mol. The average molecular weight is 330 g/mol. The standard InChI is InChI=1S/C12H13N2.F6P/c1-2-14-9-6-11(7-10-14)12-5-3-4-8-13-12;1-7(2,3,4,5)6/h3-10H,2H2,1H3;/q+1;-1. The van der Waals surface area contributed by atoms with Gasteiger partial charge in [-0.05, 0) is 19.1 Å². The molecular formula is C12H13F6N2P. The molecule has 118 valence electrons. The zero-order valence-corrected chi connectivity index (χ0v) is 11.8. The molecule has 0 aliphatic carbocycles. The first-order valence-electron chi connectivity index (χ1n) is 5.82. The van der Waals surface area contributed by atoms with Crippen molar-refractivity contribution in [2.24, 2.45) is 0 Å². The van der Waals surface area contributed by atoms with Crippen molar-refractivity contribution in [3.63, 3.8) is 0 Å². The van der Waals surface area contributed by atoms with Crippen LogP contribution >= 0.6 is 7.81 Å². The van der Waals surface area contributed by atoms with Crippen LogP contribution < -0.4 is 4.57 Å². The van der Waals surface area contributed by atoms with E-state index in [2.05, 4.69) is 41.0 Å². The Morgan fingerprint density at radius 1 is 0.952 bits per heavy atom. The fraction of sp³-hybridized carbons (Fsp3) is 0.167. The SMILES string of the molecule is CC[n+]1ccc(-c2ccccn2)cc1.F[P-](F)(F)(F)(F)F. The molecule has 0 atom stereocenters.